The third kappa shape index (κ3) is 1.52. The Labute approximate surface area is 121 Å². The van der Waals surface area contributed by atoms with Crippen LogP contribution in [0.2, 0.25) is 0 Å². The first-order valence-electron chi connectivity index (χ1n) is 7.96. The van der Waals surface area contributed by atoms with Crippen molar-refractivity contribution in [2.45, 2.75) is 50.9 Å². The van der Waals surface area contributed by atoms with Crippen molar-refractivity contribution in [3.8, 4) is 0 Å². The van der Waals surface area contributed by atoms with Crippen LogP contribution in [0.4, 0.5) is 0 Å². The van der Waals surface area contributed by atoms with Gasteiger partial charge >= 0.3 is 0 Å². The van der Waals surface area contributed by atoms with Crippen molar-refractivity contribution < 1.29 is 4.79 Å². The molecule has 0 aliphatic heterocycles. The Morgan fingerprint density at radius 2 is 2.10 bits per heavy atom. The number of rotatable bonds is 1. The Balaban J connectivity index is 1.87. The summed E-state index contributed by atoms with van der Waals surface area (Å²) in [6.07, 6.45) is 9.19. The van der Waals surface area contributed by atoms with Crippen LogP contribution in [-0.4, -0.2) is 5.78 Å². The third-order valence-corrected chi connectivity index (χ3v) is 5.85. The van der Waals surface area contributed by atoms with Crippen molar-refractivity contribution >= 4 is 5.78 Å². The molecule has 0 saturated heterocycles. The van der Waals surface area contributed by atoms with Crippen molar-refractivity contribution in [3.63, 3.8) is 0 Å². The Hall–Kier alpha value is -1.37. The zero-order valence-electron chi connectivity index (χ0n) is 12.4. The summed E-state index contributed by atoms with van der Waals surface area (Å²) in [5, 5.41) is 0. The summed E-state index contributed by atoms with van der Waals surface area (Å²) in [4.78, 5) is 12.4. The minimum atomic E-state index is 0.276. The maximum absolute atomic E-state index is 12.4. The van der Waals surface area contributed by atoms with Crippen LogP contribution in [0.15, 0.2) is 30.4 Å². The molecule has 3 unspecified atom stereocenters. The molecule has 1 aromatic rings. The second kappa shape index (κ2) is 4.07. The summed E-state index contributed by atoms with van der Waals surface area (Å²) in [5.74, 6) is 2.28. The largest absolute Gasteiger partial charge is 0.294 e. The molecule has 1 spiro atoms. The van der Waals surface area contributed by atoms with Crippen LogP contribution in [0.5, 0.6) is 0 Å². The number of carbonyl (C=O) groups excluding carboxylic acids is 1. The predicted molar refractivity (Wildman–Crippen MR) is 81.1 cm³/mol. The maximum Gasteiger partial charge on any atom is 0.163 e. The first-order chi connectivity index (χ1) is 9.60. The van der Waals surface area contributed by atoms with Gasteiger partial charge in [0.2, 0.25) is 0 Å². The first-order valence-corrected chi connectivity index (χ1v) is 7.96. The van der Waals surface area contributed by atoms with E-state index in [-0.39, 0.29) is 5.41 Å². The monoisotopic (exact) mass is 266 g/mol. The first kappa shape index (κ1) is 12.4. The average molecular weight is 266 g/mol. The summed E-state index contributed by atoms with van der Waals surface area (Å²) >= 11 is 0. The molecule has 2 bridgehead atoms. The minimum Gasteiger partial charge on any atom is -0.294 e. The molecule has 0 N–H and O–H groups in total. The van der Waals surface area contributed by atoms with E-state index in [1.807, 2.05) is 0 Å². The highest BCUT2D eigenvalue weighted by Gasteiger charge is 2.52. The summed E-state index contributed by atoms with van der Waals surface area (Å²) in [5.41, 5.74) is 3.96. The molecule has 3 aliphatic carbocycles. The van der Waals surface area contributed by atoms with E-state index in [2.05, 4.69) is 44.2 Å². The second-order valence-corrected chi connectivity index (χ2v) is 7.23. The lowest BCUT2D eigenvalue weighted by atomic mass is 9.62. The molecule has 20 heavy (non-hydrogen) atoms. The number of ketones is 1. The van der Waals surface area contributed by atoms with Gasteiger partial charge in [0.1, 0.15) is 0 Å². The Morgan fingerprint density at radius 3 is 2.75 bits per heavy atom. The molecule has 0 aromatic heterocycles. The third-order valence-electron chi connectivity index (χ3n) is 5.85. The van der Waals surface area contributed by atoms with E-state index >= 15 is 0 Å². The van der Waals surface area contributed by atoms with Gasteiger partial charge in [-0.25, -0.2) is 0 Å². The van der Waals surface area contributed by atoms with Gasteiger partial charge in [-0.1, -0.05) is 38.1 Å². The molecule has 1 heteroatoms. The van der Waals surface area contributed by atoms with Gasteiger partial charge in [-0.3, -0.25) is 4.79 Å². The molecule has 3 atom stereocenters. The van der Waals surface area contributed by atoms with E-state index in [4.69, 9.17) is 0 Å². The molecule has 0 amide bonds. The fourth-order valence-corrected chi connectivity index (χ4v) is 4.74. The van der Waals surface area contributed by atoms with E-state index in [9.17, 15) is 4.79 Å². The quantitative estimate of drug-likeness (QED) is 0.678. The highest BCUT2D eigenvalue weighted by molar-refractivity contribution is 5.99. The maximum atomic E-state index is 12.4. The highest BCUT2D eigenvalue weighted by Crippen LogP contribution is 2.58. The number of benzene rings is 1. The fraction of sp³-hybridized carbons (Fsp3) is 0.526. The lowest BCUT2D eigenvalue weighted by Gasteiger charge is -2.40. The van der Waals surface area contributed by atoms with E-state index in [0.717, 1.165) is 24.3 Å². The lowest BCUT2D eigenvalue weighted by molar-refractivity contribution is 0.0943. The summed E-state index contributed by atoms with van der Waals surface area (Å²) in [6.45, 7) is 4.40. The van der Waals surface area contributed by atoms with Crippen molar-refractivity contribution in [1.29, 1.82) is 0 Å². The van der Waals surface area contributed by atoms with Crippen molar-refractivity contribution in [2.75, 3.05) is 0 Å². The number of allylic oxidation sites excluding steroid dienone is 2. The van der Waals surface area contributed by atoms with E-state index in [1.54, 1.807) is 0 Å². The summed E-state index contributed by atoms with van der Waals surface area (Å²) in [7, 11) is 0. The fourth-order valence-electron chi connectivity index (χ4n) is 4.74. The second-order valence-electron chi connectivity index (χ2n) is 7.23. The van der Waals surface area contributed by atoms with Gasteiger partial charge in [-0.15, -0.1) is 0 Å². The zero-order chi connectivity index (χ0) is 13.9. The number of Topliss-reactive ketones (excluding diaryl/α,β-unsaturated/α-hetero) is 1. The molecule has 0 heterocycles. The molecule has 4 rings (SSSR count). The molecule has 3 aliphatic rings. The van der Waals surface area contributed by atoms with E-state index < -0.39 is 0 Å². The van der Waals surface area contributed by atoms with Gasteiger partial charge in [0.05, 0.1) is 0 Å². The zero-order valence-corrected chi connectivity index (χ0v) is 12.4. The van der Waals surface area contributed by atoms with Crippen molar-refractivity contribution in [2.24, 2.45) is 11.8 Å². The smallest absolute Gasteiger partial charge is 0.163 e. The molecule has 1 nitrogen and oxygen atoms in total. The van der Waals surface area contributed by atoms with Crippen LogP contribution in [-0.2, 0) is 5.41 Å². The number of hydrogen-bond donors (Lipinski definition) is 0. The highest BCUT2D eigenvalue weighted by atomic mass is 16.1. The molecule has 104 valence electrons. The SMILES string of the molecule is CC(C)c1ccc2c(c1)C(=O)CCC21CC2C=CC1C2. The van der Waals surface area contributed by atoms with Gasteiger partial charge in [0, 0.05) is 17.4 Å². The number of hydrogen-bond acceptors (Lipinski definition) is 1. The molecule has 1 saturated carbocycles. The van der Waals surface area contributed by atoms with Crippen LogP contribution >= 0.6 is 0 Å². The summed E-state index contributed by atoms with van der Waals surface area (Å²) in [6, 6.07) is 6.70. The lowest BCUT2D eigenvalue weighted by Crippen LogP contribution is -2.37. The normalized spacial score (nSPS) is 34.2. The number of carbonyl (C=O) groups is 1. The predicted octanol–water partition coefficient (Wildman–Crippen LogP) is 4.62. The van der Waals surface area contributed by atoms with Crippen LogP contribution < -0.4 is 0 Å². The van der Waals surface area contributed by atoms with Gasteiger partial charge in [0.15, 0.2) is 5.78 Å². The molecular formula is C19H22O. The van der Waals surface area contributed by atoms with E-state index in [0.29, 0.717) is 17.6 Å². The molecular weight excluding hydrogens is 244 g/mol. The van der Waals surface area contributed by atoms with Gasteiger partial charge in [-0.05, 0) is 54.2 Å². The minimum absolute atomic E-state index is 0.276. The Kier molecular flexibility index (Phi) is 2.52. The number of fused-ring (bicyclic) bond motifs is 5. The average Bonchev–Trinajstić information content (AvgIpc) is 3.04. The Bertz CT molecular complexity index is 610. The molecule has 1 fully saturated rings. The van der Waals surface area contributed by atoms with E-state index in [1.165, 1.54) is 24.0 Å². The van der Waals surface area contributed by atoms with Crippen LogP contribution in [0, 0.1) is 11.8 Å². The van der Waals surface area contributed by atoms with Gasteiger partial charge in [-0.2, -0.15) is 0 Å². The Morgan fingerprint density at radius 1 is 1.25 bits per heavy atom. The molecule has 0 radical (unpaired) electrons. The summed E-state index contributed by atoms with van der Waals surface area (Å²) < 4.78 is 0. The topological polar surface area (TPSA) is 17.1 Å². The van der Waals surface area contributed by atoms with Crippen LogP contribution in [0.3, 0.4) is 0 Å². The van der Waals surface area contributed by atoms with Crippen molar-refractivity contribution in [1.82, 2.24) is 0 Å². The van der Waals surface area contributed by atoms with Crippen molar-refractivity contribution in [3.05, 3.63) is 47.0 Å². The van der Waals surface area contributed by atoms with Gasteiger partial charge < -0.3 is 0 Å². The standard InChI is InChI=1S/C19H22O/c1-12(2)14-4-6-17-16(10-14)18(20)7-8-19(17)11-13-3-5-15(19)9-13/h3-6,10,12-13,15H,7-9,11H2,1-2H3. The van der Waals surface area contributed by atoms with Crippen LogP contribution in [0.25, 0.3) is 0 Å². The van der Waals surface area contributed by atoms with Gasteiger partial charge in [0.25, 0.3) is 0 Å². The molecule has 1 aromatic carbocycles. The van der Waals surface area contributed by atoms with Crippen LogP contribution in [0.1, 0.15) is 66.9 Å².